The molecule has 214 valence electrons. The van der Waals surface area contributed by atoms with Gasteiger partial charge in [-0.15, -0.1) is 0 Å². The Morgan fingerprint density at radius 3 is 2.44 bits per heavy atom. The molecule has 1 atom stereocenters. The Hall–Kier alpha value is -3.38. The summed E-state index contributed by atoms with van der Waals surface area (Å²) in [7, 11) is 3.89. The van der Waals surface area contributed by atoms with E-state index in [0.29, 0.717) is 17.9 Å². The maximum atomic E-state index is 6.84. The van der Waals surface area contributed by atoms with Crippen molar-refractivity contribution < 1.29 is 4.74 Å². The Morgan fingerprint density at radius 1 is 0.976 bits per heavy atom. The molecule has 2 aliphatic heterocycles. The Kier molecular flexibility index (Phi) is 6.77. The van der Waals surface area contributed by atoms with Gasteiger partial charge in [0.05, 0.1) is 24.2 Å². The lowest BCUT2D eigenvalue weighted by Gasteiger charge is -2.41. The van der Waals surface area contributed by atoms with E-state index in [1.54, 1.807) is 25.2 Å². The Balaban J connectivity index is 1.14. The van der Waals surface area contributed by atoms with E-state index in [9.17, 15) is 0 Å². The van der Waals surface area contributed by atoms with Gasteiger partial charge in [0, 0.05) is 48.2 Å². The minimum absolute atomic E-state index is 0.297. The minimum Gasteiger partial charge on any atom is -0.497 e. The zero-order valence-corrected chi connectivity index (χ0v) is 24.4. The van der Waals surface area contributed by atoms with Crippen LogP contribution in [-0.4, -0.2) is 75.9 Å². The quantitative estimate of drug-likeness (QED) is 0.323. The smallest absolute Gasteiger partial charge is 0.165 e. The summed E-state index contributed by atoms with van der Waals surface area (Å²) in [5.41, 5.74) is 17.8. The van der Waals surface area contributed by atoms with E-state index in [4.69, 9.17) is 21.3 Å². The minimum atomic E-state index is -0.779. The topological polar surface area (TPSA) is 123 Å². The number of nitrogens with one attached hydrogen (secondary N) is 1. The van der Waals surface area contributed by atoms with Gasteiger partial charge in [-0.2, -0.15) is 5.10 Å². The van der Waals surface area contributed by atoms with Crippen LogP contribution in [0.25, 0.3) is 22.3 Å². The first-order valence-corrected chi connectivity index (χ1v) is 15.2. The molecule has 4 heterocycles. The van der Waals surface area contributed by atoms with Crippen molar-refractivity contribution in [1.82, 2.24) is 29.5 Å². The molecule has 1 aliphatic carbocycles. The molecule has 1 saturated carbocycles. The highest BCUT2D eigenvalue weighted by atomic mass is 32.2. The lowest BCUT2D eigenvalue weighted by molar-refractivity contribution is 0.0815. The predicted molar refractivity (Wildman–Crippen MR) is 164 cm³/mol. The average molecular weight is 572 g/mol. The number of benzene rings is 2. The number of likely N-dealkylation sites (N-methyl/N-ethyl adjacent to an activating group) is 1. The van der Waals surface area contributed by atoms with Gasteiger partial charge in [-0.25, -0.2) is 14.6 Å². The Bertz CT molecular complexity index is 1560. The molecule has 1 unspecified atom stereocenters. The van der Waals surface area contributed by atoms with Gasteiger partial charge in [0.1, 0.15) is 23.6 Å². The number of rotatable bonds is 5. The van der Waals surface area contributed by atoms with Crippen LogP contribution in [-0.2, 0) is 4.99 Å². The molecule has 11 heteroatoms. The molecule has 0 amide bonds. The third kappa shape index (κ3) is 4.80. The molecule has 3 aliphatic rings. The summed E-state index contributed by atoms with van der Waals surface area (Å²) in [6.45, 7) is 4.64. The van der Waals surface area contributed by atoms with Crippen molar-refractivity contribution in [2.24, 2.45) is 5.73 Å². The van der Waals surface area contributed by atoms with Crippen molar-refractivity contribution in [3.8, 4) is 17.0 Å². The summed E-state index contributed by atoms with van der Waals surface area (Å²) in [5, 5.41) is 9.42. The molecule has 5 N–H and O–H groups in total. The fourth-order valence-electron chi connectivity index (χ4n) is 6.53. The highest BCUT2D eigenvalue weighted by molar-refractivity contribution is 8.00. The van der Waals surface area contributed by atoms with Crippen LogP contribution >= 0.6 is 11.8 Å². The normalized spacial score (nSPS) is 25.2. The second kappa shape index (κ2) is 10.5. The second-order valence-corrected chi connectivity index (χ2v) is 12.7. The summed E-state index contributed by atoms with van der Waals surface area (Å²) < 4.78 is 7.50. The summed E-state index contributed by atoms with van der Waals surface area (Å²) in [4.78, 5) is 14.4. The zero-order chi connectivity index (χ0) is 28.1. The SMILES string of the molecule is COc1ccc2c(c1)SC(N)(c1ccc(-c3nn(C4CCC(N5CCN(C)CC5)CC4)c4ncnc(N)c34)cc1)N2. The molecule has 2 fully saturated rings. The maximum Gasteiger partial charge on any atom is 0.165 e. The van der Waals surface area contributed by atoms with Gasteiger partial charge in [0.2, 0.25) is 0 Å². The summed E-state index contributed by atoms with van der Waals surface area (Å²) >= 11 is 1.58. The largest absolute Gasteiger partial charge is 0.497 e. The Labute approximate surface area is 244 Å². The molecule has 0 spiro atoms. The first kappa shape index (κ1) is 26.5. The third-order valence-corrected chi connectivity index (χ3v) is 10.2. The molecule has 0 bridgehead atoms. The molecular formula is C30H37N9OS. The monoisotopic (exact) mass is 571 g/mol. The summed E-state index contributed by atoms with van der Waals surface area (Å²) in [6.07, 6.45) is 6.07. The summed E-state index contributed by atoms with van der Waals surface area (Å²) in [5.74, 6) is 1.27. The maximum absolute atomic E-state index is 6.84. The molecule has 41 heavy (non-hydrogen) atoms. The first-order chi connectivity index (χ1) is 19.9. The molecule has 2 aromatic carbocycles. The molecule has 7 rings (SSSR count). The number of aromatic nitrogens is 4. The van der Waals surface area contributed by atoms with Crippen LogP contribution in [0.2, 0.25) is 0 Å². The second-order valence-electron chi connectivity index (χ2n) is 11.5. The highest BCUT2D eigenvalue weighted by Gasteiger charge is 2.36. The molecule has 10 nitrogen and oxygen atoms in total. The number of nitrogens with zero attached hydrogens (tertiary/aromatic N) is 6. The number of anilines is 2. The molecule has 4 aromatic rings. The van der Waals surface area contributed by atoms with Gasteiger partial charge in [-0.1, -0.05) is 36.0 Å². The van der Waals surface area contributed by atoms with E-state index in [0.717, 1.165) is 70.1 Å². The van der Waals surface area contributed by atoms with E-state index in [1.807, 2.05) is 18.2 Å². The molecule has 0 radical (unpaired) electrons. The van der Waals surface area contributed by atoms with Crippen molar-refractivity contribution in [1.29, 1.82) is 0 Å². The number of hydrogen-bond donors (Lipinski definition) is 3. The lowest BCUT2D eigenvalue weighted by atomic mass is 9.90. The van der Waals surface area contributed by atoms with Gasteiger partial charge in [-0.05, 0) is 50.9 Å². The van der Waals surface area contributed by atoms with Gasteiger partial charge in [0.15, 0.2) is 10.6 Å². The Morgan fingerprint density at radius 2 is 1.71 bits per heavy atom. The number of methoxy groups -OCH3 is 1. The summed E-state index contributed by atoms with van der Waals surface area (Å²) in [6, 6.07) is 15.2. The van der Waals surface area contributed by atoms with E-state index >= 15 is 0 Å². The van der Waals surface area contributed by atoms with Crippen LogP contribution in [0.3, 0.4) is 0 Å². The number of hydrogen-bond acceptors (Lipinski definition) is 10. The van der Waals surface area contributed by atoms with E-state index in [-0.39, 0.29) is 0 Å². The average Bonchev–Trinajstić information content (AvgIpc) is 3.56. The van der Waals surface area contributed by atoms with Crippen LogP contribution in [0.5, 0.6) is 5.75 Å². The fraction of sp³-hybridized carbons (Fsp3) is 0.433. The van der Waals surface area contributed by atoms with Gasteiger partial charge in [0.25, 0.3) is 0 Å². The molecular weight excluding hydrogens is 534 g/mol. The van der Waals surface area contributed by atoms with E-state index in [2.05, 4.69) is 61.1 Å². The van der Waals surface area contributed by atoms with E-state index < -0.39 is 4.99 Å². The number of ether oxygens (including phenoxy) is 1. The number of thioether (sulfide) groups is 1. The van der Waals surface area contributed by atoms with Crippen molar-refractivity contribution >= 4 is 34.3 Å². The number of nitrogen functional groups attached to an aromatic ring is 1. The predicted octanol–water partition coefficient (Wildman–Crippen LogP) is 4.10. The number of nitrogens with two attached hydrogens (primary N) is 2. The zero-order valence-electron chi connectivity index (χ0n) is 23.6. The van der Waals surface area contributed by atoms with E-state index in [1.165, 1.54) is 25.9 Å². The van der Waals surface area contributed by atoms with Crippen LogP contribution in [0.15, 0.2) is 53.7 Å². The lowest BCUT2D eigenvalue weighted by Crippen LogP contribution is -2.49. The van der Waals surface area contributed by atoms with Gasteiger partial charge < -0.3 is 20.7 Å². The van der Waals surface area contributed by atoms with Crippen molar-refractivity contribution in [3.05, 3.63) is 54.4 Å². The van der Waals surface area contributed by atoms with Gasteiger partial charge >= 0.3 is 0 Å². The van der Waals surface area contributed by atoms with Crippen LogP contribution in [0.1, 0.15) is 37.3 Å². The molecule has 1 saturated heterocycles. The highest BCUT2D eigenvalue weighted by Crippen LogP contribution is 2.49. The van der Waals surface area contributed by atoms with Crippen LogP contribution in [0.4, 0.5) is 11.5 Å². The third-order valence-electron chi connectivity index (χ3n) is 8.95. The number of fused-ring (bicyclic) bond motifs is 2. The number of piperazine rings is 1. The van der Waals surface area contributed by atoms with Crippen molar-refractivity contribution in [2.75, 3.05) is 51.4 Å². The van der Waals surface area contributed by atoms with Crippen LogP contribution in [0, 0.1) is 0 Å². The fourth-order valence-corrected chi connectivity index (χ4v) is 7.70. The molecule has 2 aromatic heterocycles. The van der Waals surface area contributed by atoms with Crippen molar-refractivity contribution in [3.63, 3.8) is 0 Å². The van der Waals surface area contributed by atoms with Crippen LogP contribution < -0.4 is 21.5 Å². The first-order valence-electron chi connectivity index (χ1n) is 14.4. The standard InChI is InChI=1S/C30H37N9OS/c1-37-13-15-38(16-14-37)21-7-9-22(10-8-21)39-29-26(28(31)33-18-34-29)27(36-39)19-3-5-20(6-4-19)30(32)35-24-12-11-23(40-2)17-25(24)41-30/h3-6,11-12,17-18,21-22,35H,7-10,13-16,32H2,1-2H3,(H2,31,33,34). The van der Waals surface area contributed by atoms with Crippen molar-refractivity contribution in [2.45, 2.75) is 47.7 Å². The van der Waals surface area contributed by atoms with Gasteiger partial charge in [-0.3, -0.25) is 10.6 Å².